The lowest BCUT2D eigenvalue weighted by molar-refractivity contribution is 0.217. The SMILES string of the molecule is Cn1oc(O)c(-c2ccccc2)c1=O. The van der Waals surface area contributed by atoms with Gasteiger partial charge in [0.25, 0.3) is 5.56 Å². The summed E-state index contributed by atoms with van der Waals surface area (Å²) in [5.41, 5.74) is 0.515. The van der Waals surface area contributed by atoms with Gasteiger partial charge in [0.15, 0.2) is 0 Å². The number of aryl methyl sites for hydroxylation is 1. The molecule has 1 aromatic carbocycles. The minimum absolute atomic E-state index is 0.202. The van der Waals surface area contributed by atoms with Gasteiger partial charge >= 0.3 is 5.95 Å². The Hall–Kier alpha value is -1.97. The van der Waals surface area contributed by atoms with Crippen LogP contribution in [0.4, 0.5) is 0 Å². The topological polar surface area (TPSA) is 55.4 Å². The summed E-state index contributed by atoms with van der Waals surface area (Å²) in [6.45, 7) is 0. The lowest BCUT2D eigenvalue weighted by Gasteiger charge is -1.93. The van der Waals surface area contributed by atoms with E-state index in [1.54, 1.807) is 24.3 Å². The summed E-state index contributed by atoms with van der Waals surface area (Å²) in [6, 6.07) is 8.91. The summed E-state index contributed by atoms with van der Waals surface area (Å²) >= 11 is 0. The molecule has 0 bridgehead atoms. The number of hydrogen-bond donors (Lipinski definition) is 1. The van der Waals surface area contributed by atoms with E-state index in [1.807, 2.05) is 6.07 Å². The number of nitrogens with zero attached hydrogens (tertiary/aromatic N) is 1. The minimum atomic E-state index is -0.344. The molecule has 0 fully saturated rings. The Balaban J connectivity index is 2.69. The molecule has 1 N–H and O–H groups in total. The molecule has 2 rings (SSSR count). The maximum Gasteiger partial charge on any atom is 0.318 e. The molecule has 0 aliphatic carbocycles. The van der Waals surface area contributed by atoms with Gasteiger partial charge in [-0.1, -0.05) is 30.3 Å². The number of rotatable bonds is 1. The van der Waals surface area contributed by atoms with Crippen molar-refractivity contribution in [2.45, 2.75) is 0 Å². The van der Waals surface area contributed by atoms with Gasteiger partial charge in [0.1, 0.15) is 5.56 Å². The van der Waals surface area contributed by atoms with E-state index in [4.69, 9.17) is 4.52 Å². The second-order valence-corrected chi connectivity index (χ2v) is 2.94. The average molecular weight is 191 g/mol. The van der Waals surface area contributed by atoms with Gasteiger partial charge in [-0.3, -0.25) is 4.79 Å². The molecule has 0 amide bonds. The highest BCUT2D eigenvalue weighted by molar-refractivity contribution is 5.66. The van der Waals surface area contributed by atoms with E-state index in [1.165, 1.54) is 7.05 Å². The molecule has 0 unspecified atom stereocenters. The monoisotopic (exact) mass is 191 g/mol. The molecule has 0 spiro atoms. The maximum absolute atomic E-state index is 11.5. The van der Waals surface area contributed by atoms with Crippen molar-refractivity contribution in [3.63, 3.8) is 0 Å². The molecule has 72 valence electrons. The molecule has 0 aliphatic heterocycles. The van der Waals surface area contributed by atoms with Crippen molar-refractivity contribution in [2.24, 2.45) is 7.05 Å². The second-order valence-electron chi connectivity index (χ2n) is 2.94. The number of aromatic hydroxyl groups is 1. The van der Waals surface area contributed by atoms with Crippen molar-refractivity contribution in [3.8, 4) is 17.1 Å². The Kier molecular flexibility index (Phi) is 1.89. The first kappa shape index (κ1) is 8.62. The van der Waals surface area contributed by atoms with Crippen LogP contribution < -0.4 is 5.56 Å². The molecule has 0 radical (unpaired) electrons. The van der Waals surface area contributed by atoms with Crippen LogP contribution in [0.3, 0.4) is 0 Å². The molecule has 4 heteroatoms. The minimum Gasteiger partial charge on any atom is -0.479 e. The Bertz CT molecular complexity index is 496. The zero-order valence-electron chi connectivity index (χ0n) is 7.60. The van der Waals surface area contributed by atoms with Crippen LogP contribution in [-0.4, -0.2) is 9.85 Å². The van der Waals surface area contributed by atoms with E-state index in [0.717, 1.165) is 4.74 Å². The van der Waals surface area contributed by atoms with Crippen LogP contribution in [-0.2, 0) is 7.05 Å². The molecule has 0 saturated carbocycles. The maximum atomic E-state index is 11.5. The fraction of sp³-hybridized carbons (Fsp3) is 0.100. The standard InChI is InChI=1S/C10H9NO3/c1-11-9(12)8(10(13)14-11)7-5-3-2-4-6-7/h2-6,13H,1H3. The van der Waals surface area contributed by atoms with Gasteiger partial charge in [-0.25, -0.2) is 0 Å². The highest BCUT2D eigenvalue weighted by Gasteiger charge is 2.15. The summed E-state index contributed by atoms with van der Waals surface area (Å²) in [7, 11) is 1.45. The summed E-state index contributed by atoms with van der Waals surface area (Å²) in [5, 5.41) is 9.38. The first-order chi connectivity index (χ1) is 6.70. The highest BCUT2D eigenvalue weighted by atomic mass is 16.6. The van der Waals surface area contributed by atoms with E-state index in [2.05, 4.69) is 0 Å². The average Bonchev–Trinajstić information content (AvgIpc) is 2.43. The van der Waals surface area contributed by atoms with Crippen LogP contribution >= 0.6 is 0 Å². The smallest absolute Gasteiger partial charge is 0.318 e. The van der Waals surface area contributed by atoms with Crippen molar-refractivity contribution >= 4 is 0 Å². The Morgan fingerprint density at radius 3 is 2.43 bits per heavy atom. The van der Waals surface area contributed by atoms with Crippen LogP contribution in [0.1, 0.15) is 0 Å². The van der Waals surface area contributed by atoms with E-state index < -0.39 is 0 Å². The lowest BCUT2D eigenvalue weighted by Crippen LogP contribution is -2.11. The Morgan fingerprint density at radius 1 is 1.29 bits per heavy atom. The molecule has 0 atom stereocenters. The van der Waals surface area contributed by atoms with E-state index in [-0.39, 0.29) is 17.1 Å². The zero-order valence-corrected chi connectivity index (χ0v) is 7.60. The lowest BCUT2D eigenvalue weighted by atomic mass is 10.1. The van der Waals surface area contributed by atoms with Gasteiger partial charge in [0, 0.05) is 7.05 Å². The molecule has 0 saturated heterocycles. The summed E-state index contributed by atoms with van der Waals surface area (Å²) in [5.74, 6) is -0.344. The van der Waals surface area contributed by atoms with Crippen molar-refractivity contribution in [3.05, 3.63) is 40.7 Å². The number of aromatic nitrogens is 1. The first-order valence-electron chi connectivity index (χ1n) is 4.15. The van der Waals surface area contributed by atoms with Crippen LogP contribution in [0.2, 0.25) is 0 Å². The number of hydrogen-bond acceptors (Lipinski definition) is 3. The van der Waals surface area contributed by atoms with Crippen molar-refractivity contribution in [1.29, 1.82) is 0 Å². The third-order valence-electron chi connectivity index (χ3n) is 2.00. The van der Waals surface area contributed by atoms with Crippen LogP contribution in [0.25, 0.3) is 11.1 Å². The summed E-state index contributed by atoms with van der Waals surface area (Å²) < 4.78 is 5.76. The molecule has 14 heavy (non-hydrogen) atoms. The molecule has 4 nitrogen and oxygen atoms in total. The summed E-state index contributed by atoms with van der Waals surface area (Å²) in [4.78, 5) is 11.5. The van der Waals surface area contributed by atoms with Crippen LogP contribution in [0, 0.1) is 0 Å². The molecule has 1 heterocycles. The predicted molar refractivity (Wildman–Crippen MR) is 51.0 cm³/mol. The molecular weight excluding hydrogens is 182 g/mol. The van der Waals surface area contributed by atoms with Crippen LogP contribution in [0.5, 0.6) is 5.95 Å². The Morgan fingerprint density at radius 2 is 1.93 bits per heavy atom. The van der Waals surface area contributed by atoms with Crippen molar-refractivity contribution in [2.75, 3.05) is 0 Å². The van der Waals surface area contributed by atoms with Gasteiger partial charge in [-0.05, 0) is 5.56 Å². The van der Waals surface area contributed by atoms with E-state index >= 15 is 0 Å². The van der Waals surface area contributed by atoms with Gasteiger partial charge < -0.3 is 9.63 Å². The largest absolute Gasteiger partial charge is 0.479 e. The molecular formula is C10H9NO3. The zero-order chi connectivity index (χ0) is 10.1. The second kappa shape index (κ2) is 3.06. The predicted octanol–water partition coefficient (Wildman–Crippen LogP) is 1.35. The third kappa shape index (κ3) is 1.21. The van der Waals surface area contributed by atoms with Gasteiger partial charge in [-0.15, -0.1) is 0 Å². The van der Waals surface area contributed by atoms with Crippen molar-refractivity contribution < 1.29 is 9.63 Å². The quantitative estimate of drug-likeness (QED) is 0.740. The van der Waals surface area contributed by atoms with Crippen molar-refractivity contribution in [1.82, 2.24) is 4.74 Å². The third-order valence-corrected chi connectivity index (χ3v) is 2.00. The molecule has 0 aliphatic rings. The highest BCUT2D eigenvalue weighted by Crippen LogP contribution is 2.24. The first-order valence-corrected chi connectivity index (χ1v) is 4.15. The number of benzene rings is 1. The van der Waals surface area contributed by atoms with Gasteiger partial charge in [0.05, 0.1) is 0 Å². The Labute approximate surface area is 80.0 Å². The van der Waals surface area contributed by atoms with Gasteiger partial charge in [0.2, 0.25) is 0 Å². The fourth-order valence-electron chi connectivity index (χ4n) is 1.32. The normalized spacial score (nSPS) is 10.4. The van der Waals surface area contributed by atoms with Crippen LogP contribution in [0.15, 0.2) is 39.6 Å². The summed E-state index contributed by atoms with van der Waals surface area (Å²) in [6.07, 6.45) is 0. The molecule has 2 aromatic rings. The van der Waals surface area contributed by atoms with E-state index in [9.17, 15) is 9.90 Å². The van der Waals surface area contributed by atoms with Gasteiger partial charge in [-0.2, -0.15) is 4.74 Å². The fourth-order valence-corrected chi connectivity index (χ4v) is 1.32. The van der Waals surface area contributed by atoms with E-state index in [0.29, 0.717) is 5.56 Å². The molecule has 1 aromatic heterocycles.